The number of hydrogen-bond acceptors (Lipinski definition) is 4. The van der Waals surface area contributed by atoms with E-state index in [4.69, 9.17) is 0 Å². The molecule has 142 valence electrons. The molecule has 1 aromatic carbocycles. The second kappa shape index (κ2) is 8.13. The Bertz CT molecular complexity index is 789. The second-order valence-corrected chi connectivity index (χ2v) is 7.46. The highest BCUT2D eigenvalue weighted by Crippen LogP contribution is 2.31. The first kappa shape index (κ1) is 18.0. The lowest BCUT2D eigenvalue weighted by Crippen LogP contribution is -2.43. The summed E-state index contributed by atoms with van der Waals surface area (Å²) >= 11 is 0. The molecule has 2 aliphatic heterocycles. The largest absolute Gasteiger partial charge is 0.342 e. The topological polar surface area (TPSA) is 49.3 Å². The number of aromatic nitrogens is 2. The molecule has 0 spiro atoms. The first-order valence-corrected chi connectivity index (χ1v) is 9.77. The molecular formula is C21H25FN4O. The maximum Gasteiger partial charge on any atom is 0.236 e. The fourth-order valence-corrected chi connectivity index (χ4v) is 4.16. The minimum absolute atomic E-state index is 0.235. The summed E-state index contributed by atoms with van der Waals surface area (Å²) < 4.78 is 13.3. The van der Waals surface area contributed by atoms with Crippen LogP contribution < -0.4 is 0 Å². The third-order valence-electron chi connectivity index (χ3n) is 5.55. The molecule has 1 aromatic heterocycles. The maximum atomic E-state index is 13.3. The molecule has 0 radical (unpaired) electrons. The number of nitrogens with zero attached hydrogens (tertiary/aromatic N) is 4. The molecule has 3 heterocycles. The zero-order valence-electron chi connectivity index (χ0n) is 15.5. The van der Waals surface area contributed by atoms with Crippen LogP contribution >= 0.6 is 0 Å². The van der Waals surface area contributed by atoms with Crippen molar-refractivity contribution in [3.63, 3.8) is 0 Å². The van der Waals surface area contributed by atoms with Gasteiger partial charge in [-0.15, -0.1) is 0 Å². The van der Waals surface area contributed by atoms with Crippen LogP contribution in [0.15, 0.2) is 36.7 Å². The number of carbonyl (C=O) groups is 1. The fourth-order valence-electron chi connectivity index (χ4n) is 4.16. The smallest absolute Gasteiger partial charge is 0.236 e. The van der Waals surface area contributed by atoms with E-state index in [-0.39, 0.29) is 17.6 Å². The number of piperidine rings is 1. The summed E-state index contributed by atoms with van der Waals surface area (Å²) in [5, 5.41) is 0. The van der Waals surface area contributed by atoms with E-state index >= 15 is 0 Å². The van der Waals surface area contributed by atoms with E-state index in [1.165, 1.54) is 12.1 Å². The van der Waals surface area contributed by atoms with Crippen molar-refractivity contribution in [3.05, 3.63) is 48.2 Å². The van der Waals surface area contributed by atoms with Gasteiger partial charge in [0.25, 0.3) is 0 Å². The minimum Gasteiger partial charge on any atom is -0.342 e. The molecule has 0 N–H and O–H groups in total. The van der Waals surface area contributed by atoms with Gasteiger partial charge >= 0.3 is 0 Å². The molecule has 1 amide bonds. The van der Waals surface area contributed by atoms with Crippen molar-refractivity contribution < 1.29 is 9.18 Å². The van der Waals surface area contributed by atoms with Gasteiger partial charge in [0, 0.05) is 43.5 Å². The third kappa shape index (κ3) is 4.16. The summed E-state index contributed by atoms with van der Waals surface area (Å²) in [6.45, 7) is 4.04. The van der Waals surface area contributed by atoms with E-state index in [1.54, 1.807) is 24.5 Å². The lowest BCUT2D eigenvalue weighted by Gasteiger charge is -2.33. The monoisotopic (exact) mass is 368 g/mol. The summed E-state index contributed by atoms with van der Waals surface area (Å²) in [5.74, 6) is 0.221. The van der Waals surface area contributed by atoms with Gasteiger partial charge in [-0.3, -0.25) is 19.7 Å². The SMILES string of the molecule is O=C(CN1CCCC(c2nccnc2-c2ccc(F)cc2)C1)N1CCCC1. The summed E-state index contributed by atoms with van der Waals surface area (Å²) in [6, 6.07) is 6.41. The number of hydrogen-bond donors (Lipinski definition) is 0. The zero-order valence-corrected chi connectivity index (χ0v) is 15.5. The van der Waals surface area contributed by atoms with Gasteiger partial charge in [-0.2, -0.15) is 0 Å². The molecule has 2 fully saturated rings. The van der Waals surface area contributed by atoms with Crippen LogP contribution in [0.2, 0.25) is 0 Å². The molecule has 0 saturated carbocycles. The van der Waals surface area contributed by atoms with Crippen molar-refractivity contribution in [2.24, 2.45) is 0 Å². The van der Waals surface area contributed by atoms with Crippen LogP contribution in [-0.2, 0) is 4.79 Å². The number of halogens is 1. The first-order valence-electron chi connectivity index (χ1n) is 9.77. The van der Waals surface area contributed by atoms with Gasteiger partial charge in [-0.05, 0) is 56.5 Å². The number of likely N-dealkylation sites (tertiary alicyclic amines) is 2. The minimum atomic E-state index is -0.256. The highest BCUT2D eigenvalue weighted by Gasteiger charge is 2.28. The molecule has 2 saturated heterocycles. The summed E-state index contributed by atoms with van der Waals surface area (Å²) in [6.07, 6.45) is 7.71. The Kier molecular flexibility index (Phi) is 5.43. The molecule has 2 aliphatic rings. The van der Waals surface area contributed by atoms with Gasteiger partial charge in [0.2, 0.25) is 5.91 Å². The highest BCUT2D eigenvalue weighted by atomic mass is 19.1. The lowest BCUT2D eigenvalue weighted by molar-refractivity contribution is -0.131. The zero-order chi connectivity index (χ0) is 18.6. The molecule has 4 rings (SSSR count). The number of rotatable bonds is 4. The Hall–Kier alpha value is -2.34. The molecule has 27 heavy (non-hydrogen) atoms. The van der Waals surface area contributed by atoms with Gasteiger partial charge in [0.1, 0.15) is 5.82 Å². The second-order valence-electron chi connectivity index (χ2n) is 7.46. The Morgan fingerprint density at radius 3 is 2.56 bits per heavy atom. The molecule has 1 unspecified atom stereocenters. The van der Waals surface area contributed by atoms with Crippen LogP contribution in [0.4, 0.5) is 4.39 Å². The number of amides is 1. The van der Waals surface area contributed by atoms with E-state index < -0.39 is 0 Å². The van der Waals surface area contributed by atoms with Crippen LogP contribution in [0.3, 0.4) is 0 Å². The quantitative estimate of drug-likeness (QED) is 0.832. The van der Waals surface area contributed by atoms with Crippen LogP contribution in [0.5, 0.6) is 0 Å². The van der Waals surface area contributed by atoms with Crippen molar-refractivity contribution in [2.75, 3.05) is 32.7 Å². The average Bonchev–Trinajstić information content (AvgIpc) is 3.24. The van der Waals surface area contributed by atoms with Crippen molar-refractivity contribution in [2.45, 2.75) is 31.6 Å². The molecule has 1 atom stereocenters. The molecular weight excluding hydrogens is 343 g/mol. The van der Waals surface area contributed by atoms with Crippen LogP contribution in [0.25, 0.3) is 11.3 Å². The van der Waals surface area contributed by atoms with Crippen molar-refractivity contribution in [3.8, 4) is 11.3 Å². The Morgan fingerprint density at radius 1 is 1.04 bits per heavy atom. The van der Waals surface area contributed by atoms with E-state index in [1.807, 2.05) is 4.90 Å². The Labute approximate surface area is 159 Å². The van der Waals surface area contributed by atoms with Crippen LogP contribution in [0, 0.1) is 5.82 Å². The Morgan fingerprint density at radius 2 is 1.78 bits per heavy atom. The van der Waals surface area contributed by atoms with E-state index in [0.29, 0.717) is 6.54 Å². The predicted octanol–water partition coefficient (Wildman–Crippen LogP) is 3.08. The number of carbonyl (C=O) groups excluding carboxylic acids is 1. The van der Waals surface area contributed by atoms with Gasteiger partial charge in [-0.1, -0.05) is 0 Å². The van der Waals surface area contributed by atoms with Gasteiger partial charge in [-0.25, -0.2) is 4.39 Å². The molecule has 0 bridgehead atoms. The summed E-state index contributed by atoms with van der Waals surface area (Å²) in [4.78, 5) is 25.9. The van der Waals surface area contributed by atoms with Crippen LogP contribution in [-0.4, -0.2) is 58.4 Å². The third-order valence-corrected chi connectivity index (χ3v) is 5.55. The lowest BCUT2D eigenvalue weighted by atomic mass is 9.91. The molecule has 0 aliphatic carbocycles. The van der Waals surface area contributed by atoms with Crippen LogP contribution in [0.1, 0.15) is 37.3 Å². The van der Waals surface area contributed by atoms with E-state index in [2.05, 4.69) is 14.9 Å². The van der Waals surface area contributed by atoms with Crippen molar-refractivity contribution in [1.82, 2.24) is 19.8 Å². The maximum absolute atomic E-state index is 13.3. The normalized spacial score (nSPS) is 20.8. The average molecular weight is 368 g/mol. The Balaban J connectivity index is 1.50. The van der Waals surface area contributed by atoms with Crippen molar-refractivity contribution in [1.29, 1.82) is 0 Å². The van der Waals surface area contributed by atoms with E-state index in [0.717, 1.165) is 68.8 Å². The summed E-state index contributed by atoms with van der Waals surface area (Å²) in [7, 11) is 0. The molecule has 6 heteroatoms. The van der Waals surface area contributed by atoms with Gasteiger partial charge in [0.15, 0.2) is 0 Å². The highest BCUT2D eigenvalue weighted by molar-refractivity contribution is 5.78. The standard InChI is InChI=1S/C21H25FN4O/c22-18-7-5-16(6-8-18)20-21(24-10-9-23-20)17-4-3-11-25(14-17)15-19(27)26-12-1-2-13-26/h5-10,17H,1-4,11-15H2. The van der Waals surface area contributed by atoms with Crippen molar-refractivity contribution >= 4 is 5.91 Å². The number of benzene rings is 1. The predicted molar refractivity (Wildman–Crippen MR) is 102 cm³/mol. The van der Waals surface area contributed by atoms with Gasteiger partial charge in [0.05, 0.1) is 17.9 Å². The molecule has 5 nitrogen and oxygen atoms in total. The summed E-state index contributed by atoms with van der Waals surface area (Å²) in [5.41, 5.74) is 2.64. The fraction of sp³-hybridized carbons (Fsp3) is 0.476. The molecule has 2 aromatic rings. The first-order chi connectivity index (χ1) is 13.2. The van der Waals surface area contributed by atoms with Gasteiger partial charge < -0.3 is 4.90 Å². The van der Waals surface area contributed by atoms with E-state index in [9.17, 15) is 9.18 Å².